The highest BCUT2D eigenvalue weighted by atomic mass is 127. The van der Waals surface area contributed by atoms with Crippen LogP contribution in [0.4, 0.5) is 13.2 Å². The Morgan fingerprint density at radius 3 is 1.75 bits per heavy atom. The summed E-state index contributed by atoms with van der Waals surface area (Å²) in [6.45, 7) is 0. The van der Waals surface area contributed by atoms with E-state index in [1.807, 2.05) is 22.6 Å². The van der Waals surface area contributed by atoms with E-state index in [1.165, 1.54) is 0 Å². The van der Waals surface area contributed by atoms with Gasteiger partial charge in [-0.3, -0.25) is 0 Å². The lowest BCUT2D eigenvalue weighted by Gasteiger charge is -2.00. The van der Waals surface area contributed by atoms with Crippen LogP contribution in [0.5, 0.6) is 0 Å². The van der Waals surface area contributed by atoms with Crippen molar-refractivity contribution in [3.8, 4) is 0 Å². The Labute approximate surface area is 58.6 Å². The molecule has 8 heavy (non-hydrogen) atoms. The SMILES string of the molecule is FC(F)(F)[C@H]1C[C@@H]1I. The second-order valence-corrected chi connectivity index (χ2v) is 3.50. The first kappa shape index (κ1) is 6.64. The molecule has 0 aliphatic heterocycles. The first-order chi connectivity index (χ1) is 3.52. The van der Waals surface area contributed by atoms with Gasteiger partial charge in [-0.15, -0.1) is 0 Å². The van der Waals surface area contributed by atoms with Crippen LogP contribution >= 0.6 is 22.6 Å². The molecule has 0 aromatic rings. The van der Waals surface area contributed by atoms with Crippen molar-refractivity contribution >= 4 is 22.6 Å². The molecule has 1 saturated carbocycles. The van der Waals surface area contributed by atoms with Crippen LogP contribution in [0.2, 0.25) is 0 Å². The van der Waals surface area contributed by atoms with E-state index in [2.05, 4.69) is 0 Å². The first-order valence-corrected chi connectivity index (χ1v) is 3.47. The molecule has 2 atom stereocenters. The molecule has 4 heteroatoms. The fourth-order valence-electron chi connectivity index (χ4n) is 0.503. The van der Waals surface area contributed by atoms with E-state index >= 15 is 0 Å². The maximum absolute atomic E-state index is 11.5. The summed E-state index contributed by atoms with van der Waals surface area (Å²) < 4.78 is 34.3. The van der Waals surface area contributed by atoms with Crippen molar-refractivity contribution < 1.29 is 13.2 Å². The number of halogens is 4. The first-order valence-electron chi connectivity index (χ1n) is 2.22. The average Bonchev–Trinajstić information content (AvgIpc) is 2.13. The Balaban J connectivity index is 2.39. The minimum Gasteiger partial charge on any atom is -0.171 e. The quantitative estimate of drug-likeness (QED) is 0.447. The van der Waals surface area contributed by atoms with Gasteiger partial charge < -0.3 is 0 Å². The highest BCUT2D eigenvalue weighted by molar-refractivity contribution is 14.1. The average molecular weight is 236 g/mol. The molecule has 1 aliphatic rings. The standard InChI is InChI=1S/C4H4F3I/c5-4(6,7)2-1-3(2)8/h2-3H,1H2/t2-,3-/m0/s1. The van der Waals surface area contributed by atoms with Crippen LogP contribution in [-0.4, -0.2) is 10.1 Å². The largest absolute Gasteiger partial charge is 0.392 e. The molecule has 0 heterocycles. The molecule has 1 fully saturated rings. The summed E-state index contributed by atoms with van der Waals surface area (Å²) in [5.41, 5.74) is 0. The van der Waals surface area contributed by atoms with E-state index in [4.69, 9.17) is 0 Å². The molecule has 0 unspecified atom stereocenters. The van der Waals surface area contributed by atoms with Crippen LogP contribution in [0.25, 0.3) is 0 Å². The van der Waals surface area contributed by atoms with Crippen molar-refractivity contribution in [1.29, 1.82) is 0 Å². The predicted octanol–water partition coefficient (Wildman–Crippen LogP) is 2.37. The maximum atomic E-state index is 11.5. The van der Waals surface area contributed by atoms with Crippen molar-refractivity contribution in [1.82, 2.24) is 0 Å². The monoisotopic (exact) mass is 236 g/mol. The molecule has 0 radical (unpaired) electrons. The minimum atomic E-state index is -3.92. The summed E-state index contributed by atoms with van der Waals surface area (Å²) in [6, 6.07) is 0. The number of rotatable bonds is 0. The van der Waals surface area contributed by atoms with Crippen LogP contribution in [0.1, 0.15) is 6.42 Å². The lowest BCUT2D eigenvalue weighted by Crippen LogP contribution is -2.11. The Hall–Kier alpha value is 0.520. The van der Waals surface area contributed by atoms with Crippen molar-refractivity contribution in [3.05, 3.63) is 0 Å². The highest BCUT2D eigenvalue weighted by Gasteiger charge is 2.54. The van der Waals surface area contributed by atoms with E-state index in [-0.39, 0.29) is 3.92 Å². The van der Waals surface area contributed by atoms with Crippen LogP contribution < -0.4 is 0 Å². The molecule has 0 bridgehead atoms. The van der Waals surface area contributed by atoms with Gasteiger partial charge in [0.1, 0.15) is 0 Å². The van der Waals surface area contributed by atoms with Crippen LogP contribution in [0, 0.1) is 5.92 Å². The van der Waals surface area contributed by atoms with E-state index in [1.54, 1.807) is 0 Å². The van der Waals surface area contributed by atoms with Crippen molar-refractivity contribution in [3.63, 3.8) is 0 Å². The minimum absolute atomic E-state index is 0.146. The molecule has 0 spiro atoms. The zero-order valence-electron chi connectivity index (χ0n) is 3.87. The van der Waals surface area contributed by atoms with E-state index < -0.39 is 12.1 Å². The third-order valence-electron chi connectivity index (χ3n) is 1.13. The lowest BCUT2D eigenvalue weighted by atomic mass is 10.4. The number of hydrogen-bond donors (Lipinski definition) is 0. The van der Waals surface area contributed by atoms with Crippen LogP contribution in [-0.2, 0) is 0 Å². The van der Waals surface area contributed by atoms with Gasteiger partial charge >= 0.3 is 6.18 Å². The van der Waals surface area contributed by atoms with Gasteiger partial charge in [0, 0.05) is 3.92 Å². The normalized spacial score (nSPS) is 37.5. The predicted molar refractivity (Wildman–Crippen MR) is 32.0 cm³/mol. The summed E-state index contributed by atoms with van der Waals surface area (Å²) in [6.07, 6.45) is -3.60. The maximum Gasteiger partial charge on any atom is 0.392 e. The lowest BCUT2D eigenvalue weighted by molar-refractivity contribution is -0.146. The van der Waals surface area contributed by atoms with Gasteiger partial charge in [-0.25, -0.2) is 0 Å². The molecule has 0 nitrogen and oxygen atoms in total. The molecule has 0 amide bonds. The summed E-state index contributed by atoms with van der Waals surface area (Å²) >= 11 is 1.82. The Morgan fingerprint density at radius 1 is 1.38 bits per heavy atom. The van der Waals surface area contributed by atoms with Crippen molar-refractivity contribution in [2.45, 2.75) is 16.5 Å². The van der Waals surface area contributed by atoms with Gasteiger partial charge in [-0.1, -0.05) is 22.6 Å². The molecule has 0 aromatic heterocycles. The van der Waals surface area contributed by atoms with Crippen LogP contribution in [0.3, 0.4) is 0 Å². The van der Waals surface area contributed by atoms with Crippen molar-refractivity contribution in [2.75, 3.05) is 0 Å². The molecular formula is C4H4F3I. The fourth-order valence-corrected chi connectivity index (χ4v) is 1.46. The Bertz CT molecular complexity index is 97.9. The van der Waals surface area contributed by atoms with E-state index in [9.17, 15) is 13.2 Å². The number of hydrogen-bond acceptors (Lipinski definition) is 0. The molecule has 0 N–H and O–H groups in total. The molecular weight excluding hydrogens is 232 g/mol. The number of alkyl halides is 4. The molecule has 48 valence electrons. The van der Waals surface area contributed by atoms with Crippen LogP contribution in [0.15, 0.2) is 0 Å². The van der Waals surface area contributed by atoms with Gasteiger partial charge in [0.25, 0.3) is 0 Å². The fraction of sp³-hybridized carbons (Fsp3) is 1.00. The Morgan fingerprint density at radius 2 is 1.75 bits per heavy atom. The van der Waals surface area contributed by atoms with Gasteiger partial charge in [-0.2, -0.15) is 13.2 Å². The molecule has 0 saturated heterocycles. The summed E-state index contributed by atoms with van der Waals surface area (Å²) in [7, 11) is 0. The topological polar surface area (TPSA) is 0 Å². The van der Waals surface area contributed by atoms with Gasteiger partial charge in [0.15, 0.2) is 0 Å². The molecule has 1 rings (SSSR count). The highest BCUT2D eigenvalue weighted by Crippen LogP contribution is 2.49. The summed E-state index contributed by atoms with van der Waals surface area (Å²) in [4.78, 5) is 0. The zero-order valence-corrected chi connectivity index (χ0v) is 6.03. The van der Waals surface area contributed by atoms with E-state index in [0.29, 0.717) is 6.42 Å². The third kappa shape index (κ3) is 1.27. The van der Waals surface area contributed by atoms with Gasteiger partial charge in [0.2, 0.25) is 0 Å². The smallest absolute Gasteiger partial charge is 0.171 e. The van der Waals surface area contributed by atoms with Gasteiger partial charge in [-0.05, 0) is 6.42 Å². The summed E-state index contributed by atoms with van der Waals surface area (Å²) in [5, 5.41) is 0. The van der Waals surface area contributed by atoms with Gasteiger partial charge in [0.05, 0.1) is 5.92 Å². The molecule has 1 aliphatic carbocycles. The second-order valence-electron chi connectivity index (χ2n) is 1.90. The summed E-state index contributed by atoms with van der Waals surface area (Å²) in [5.74, 6) is -0.997. The van der Waals surface area contributed by atoms with Crippen molar-refractivity contribution in [2.24, 2.45) is 5.92 Å². The Kier molecular flexibility index (Phi) is 1.45. The molecule has 0 aromatic carbocycles. The third-order valence-corrected chi connectivity index (χ3v) is 2.51. The van der Waals surface area contributed by atoms with E-state index in [0.717, 1.165) is 0 Å². The zero-order chi connectivity index (χ0) is 6.36. The second kappa shape index (κ2) is 1.75.